The van der Waals surface area contributed by atoms with Crippen LogP contribution >= 0.6 is 0 Å². The molecule has 0 fully saturated rings. The summed E-state index contributed by atoms with van der Waals surface area (Å²) in [6, 6.07) is 7.45. The van der Waals surface area contributed by atoms with Crippen LogP contribution in [-0.2, 0) is 24.0 Å². The van der Waals surface area contributed by atoms with E-state index in [4.69, 9.17) is 4.74 Å². The third-order valence-corrected chi connectivity index (χ3v) is 3.70. The second-order valence-corrected chi connectivity index (χ2v) is 5.27. The average Bonchev–Trinajstić information content (AvgIpc) is 2.83. The van der Waals surface area contributed by atoms with Gasteiger partial charge < -0.3 is 10.1 Å². The standard InChI is InChI=1S/C16H25NO/c1-3-9-17-16(12-18-2)11-13-7-8-14-5-4-6-15(14)10-13/h7-8,10,16-17H,3-6,9,11-12H2,1-2H3. The molecule has 2 heteroatoms. The maximum atomic E-state index is 5.30. The molecule has 0 aliphatic heterocycles. The van der Waals surface area contributed by atoms with E-state index < -0.39 is 0 Å². The van der Waals surface area contributed by atoms with E-state index in [1.54, 1.807) is 18.2 Å². The Labute approximate surface area is 111 Å². The van der Waals surface area contributed by atoms with Gasteiger partial charge in [-0.05, 0) is 55.3 Å². The molecule has 1 unspecified atom stereocenters. The molecule has 0 spiro atoms. The fourth-order valence-electron chi connectivity index (χ4n) is 2.78. The van der Waals surface area contributed by atoms with E-state index in [2.05, 4.69) is 30.4 Å². The van der Waals surface area contributed by atoms with Crippen molar-refractivity contribution >= 4 is 0 Å². The van der Waals surface area contributed by atoms with Crippen LogP contribution in [0.5, 0.6) is 0 Å². The molecule has 1 aromatic carbocycles. The van der Waals surface area contributed by atoms with Crippen LogP contribution in [0.15, 0.2) is 18.2 Å². The lowest BCUT2D eigenvalue weighted by atomic mass is 10.0. The predicted octanol–water partition coefficient (Wildman–Crippen LogP) is 2.73. The maximum absolute atomic E-state index is 5.30. The first-order valence-corrected chi connectivity index (χ1v) is 7.16. The van der Waals surface area contributed by atoms with Crippen molar-refractivity contribution in [2.75, 3.05) is 20.3 Å². The first kappa shape index (κ1) is 13.6. The lowest BCUT2D eigenvalue weighted by Gasteiger charge is -2.18. The molecule has 0 saturated heterocycles. The quantitative estimate of drug-likeness (QED) is 0.800. The average molecular weight is 247 g/mol. The van der Waals surface area contributed by atoms with Crippen LogP contribution in [0.3, 0.4) is 0 Å². The molecule has 2 nitrogen and oxygen atoms in total. The van der Waals surface area contributed by atoms with Gasteiger partial charge in [-0.1, -0.05) is 25.1 Å². The molecule has 0 amide bonds. The summed E-state index contributed by atoms with van der Waals surface area (Å²) in [4.78, 5) is 0. The maximum Gasteiger partial charge on any atom is 0.0619 e. The Morgan fingerprint density at radius 1 is 1.28 bits per heavy atom. The fraction of sp³-hybridized carbons (Fsp3) is 0.625. The smallest absolute Gasteiger partial charge is 0.0619 e. The minimum atomic E-state index is 0.439. The van der Waals surface area contributed by atoms with Crippen LogP contribution in [-0.4, -0.2) is 26.3 Å². The van der Waals surface area contributed by atoms with Crippen molar-refractivity contribution in [3.63, 3.8) is 0 Å². The Morgan fingerprint density at radius 3 is 2.89 bits per heavy atom. The number of methoxy groups -OCH3 is 1. The van der Waals surface area contributed by atoms with Crippen molar-refractivity contribution in [1.82, 2.24) is 5.32 Å². The molecule has 18 heavy (non-hydrogen) atoms. The second kappa shape index (κ2) is 6.91. The molecule has 0 saturated carbocycles. The molecular weight excluding hydrogens is 222 g/mol. The SMILES string of the molecule is CCCNC(COC)Cc1ccc2c(c1)CCC2. The summed E-state index contributed by atoms with van der Waals surface area (Å²) in [7, 11) is 1.78. The van der Waals surface area contributed by atoms with E-state index in [1.165, 1.54) is 31.2 Å². The van der Waals surface area contributed by atoms with Gasteiger partial charge in [0.05, 0.1) is 6.61 Å². The van der Waals surface area contributed by atoms with Crippen molar-refractivity contribution in [2.45, 2.75) is 45.1 Å². The molecule has 1 N–H and O–H groups in total. The van der Waals surface area contributed by atoms with Gasteiger partial charge in [0.1, 0.15) is 0 Å². The molecule has 1 aromatic rings. The van der Waals surface area contributed by atoms with Crippen LogP contribution in [0.25, 0.3) is 0 Å². The lowest BCUT2D eigenvalue weighted by molar-refractivity contribution is 0.166. The Morgan fingerprint density at radius 2 is 2.11 bits per heavy atom. The second-order valence-electron chi connectivity index (χ2n) is 5.27. The summed E-state index contributed by atoms with van der Waals surface area (Å²) < 4.78 is 5.30. The molecular formula is C16H25NO. The number of fused-ring (bicyclic) bond motifs is 1. The van der Waals surface area contributed by atoms with Crippen LogP contribution in [0, 0.1) is 0 Å². The van der Waals surface area contributed by atoms with Gasteiger partial charge >= 0.3 is 0 Å². The van der Waals surface area contributed by atoms with Crippen LogP contribution in [0.1, 0.15) is 36.5 Å². The molecule has 1 aliphatic carbocycles. The molecule has 2 rings (SSSR count). The number of benzene rings is 1. The molecule has 0 aromatic heterocycles. The number of rotatable bonds is 7. The third kappa shape index (κ3) is 3.56. The number of hydrogen-bond donors (Lipinski definition) is 1. The Hall–Kier alpha value is -0.860. The molecule has 0 heterocycles. The first-order chi connectivity index (χ1) is 8.83. The van der Waals surface area contributed by atoms with Gasteiger partial charge in [-0.2, -0.15) is 0 Å². The lowest BCUT2D eigenvalue weighted by Crippen LogP contribution is -2.35. The van der Waals surface area contributed by atoms with Gasteiger partial charge in [-0.3, -0.25) is 0 Å². The van der Waals surface area contributed by atoms with E-state index in [1.807, 2.05) is 0 Å². The Balaban J connectivity index is 1.97. The van der Waals surface area contributed by atoms with Crippen LogP contribution in [0.4, 0.5) is 0 Å². The van der Waals surface area contributed by atoms with Gasteiger partial charge in [0, 0.05) is 13.2 Å². The number of nitrogens with one attached hydrogen (secondary N) is 1. The van der Waals surface area contributed by atoms with E-state index in [9.17, 15) is 0 Å². The van der Waals surface area contributed by atoms with E-state index in [0.29, 0.717) is 6.04 Å². The third-order valence-electron chi connectivity index (χ3n) is 3.70. The highest BCUT2D eigenvalue weighted by molar-refractivity contribution is 5.35. The normalized spacial score (nSPS) is 15.7. The predicted molar refractivity (Wildman–Crippen MR) is 76.1 cm³/mol. The molecule has 1 atom stereocenters. The van der Waals surface area contributed by atoms with E-state index >= 15 is 0 Å². The molecule has 1 aliphatic rings. The van der Waals surface area contributed by atoms with Gasteiger partial charge in [-0.25, -0.2) is 0 Å². The van der Waals surface area contributed by atoms with Gasteiger partial charge in [-0.15, -0.1) is 0 Å². The minimum Gasteiger partial charge on any atom is -0.383 e. The highest BCUT2D eigenvalue weighted by Crippen LogP contribution is 2.23. The van der Waals surface area contributed by atoms with Crippen molar-refractivity contribution in [1.29, 1.82) is 0 Å². The minimum absolute atomic E-state index is 0.439. The van der Waals surface area contributed by atoms with Crippen molar-refractivity contribution in [2.24, 2.45) is 0 Å². The summed E-state index contributed by atoms with van der Waals surface area (Å²) in [6.45, 7) is 4.06. The zero-order valence-corrected chi connectivity index (χ0v) is 11.7. The van der Waals surface area contributed by atoms with Gasteiger partial charge in [0.2, 0.25) is 0 Å². The number of hydrogen-bond acceptors (Lipinski definition) is 2. The molecule has 0 bridgehead atoms. The summed E-state index contributed by atoms with van der Waals surface area (Å²) >= 11 is 0. The Kier molecular flexibility index (Phi) is 5.21. The number of aryl methyl sites for hydroxylation is 2. The van der Waals surface area contributed by atoms with Crippen molar-refractivity contribution < 1.29 is 4.74 Å². The summed E-state index contributed by atoms with van der Waals surface area (Å²) in [5.41, 5.74) is 4.57. The summed E-state index contributed by atoms with van der Waals surface area (Å²) in [5, 5.41) is 3.56. The fourth-order valence-corrected chi connectivity index (χ4v) is 2.78. The summed E-state index contributed by atoms with van der Waals surface area (Å²) in [6.07, 6.45) is 6.10. The first-order valence-electron chi connectivity index (χ1n) is 7.16. The summed E-state index contributed by atoms with van der Waals surface area (Å²) in [5.74, 6) is 0. The molecule has 100 valence electrons. The van der Waals surface area contributed by atoms with Crippen LogP contribution < -0.4 is 5.32 Å². The van der Waals surface area contributed by atoms with Crippen molar-refractivity contribution in [3.05, 3.63) is 34.9 Å². The largest absolute Gasteiger partial charge is 0.383 e. The topological polar surface area (TPSA) is 21.3 Å². The van der Waals surface area contributed by atoms with Crippen molar-refractivity contribution in [3.8, 4) is 0 Å². The zero-order valence-electron chi connectivity index (χ0n) is 11.7. The monoisotopic (exact) mass is 247 g/mol. The Bertz CT molecular complexity index is 375. The highest BCUT2D eigenvalue weighted by Gasteiger charge is 2.13. The zero-order chi connectivity index (χ0) is 12.8. The highest BCUT2D eigenvalue weighted by atomic mass is 16.5. The van der Waals surface area contributed by atoms with E-state index in [-0.39, 0.29) is 0 Å². The van der Waals surface area contributed by atoms with Crippen LogP contribution in [0.2, 0.25) is 0 Å². The number of ether oxygens (including phenoxy) is 1. The molecule has 0 radical (unpaired) electrons. The van der Waals surface area contributed by atoms with Gasteiger partial charge in [0.15, 0.2) is 0 Å². The van der Waals surface area contributed by atoms with E-state index in [0.717, 1.165) is 19.6 Å². The van der Waals surface area contributed by atoms with Gasteiger partial charge in [0.25, 0.3) is 0 Å².